The molecule has 0 amide bonds. The molecule has 17 heavy (non-hydrogen) atoms. The second-order valence-corrected chi connectivity index (χ2v) is 13.6. The van der Waals surface area contributed by atoms with Gasteiger partial charge in [0.25, 0.3) is 0 Å². The van der Waals surface area contributed by atoms with Gasteiger partial charge in [-0.15, -0.1) is 0 Å². The average Bonchev–Trinajstić information content (AvgIpc) is 2.30. The third-order valence-electron chi connectivity index (χ3n) is 3.83. The maximum absolute atomic E-state index is 3.37. The normalized spacial score (nSPS) is 12.9. The summed E-state index contributed by atoms with van der Waals surface area (Å²) in [5.74, 6) is 0. The van der Waals surface area contributed by atoms with Gasteiger partial charge in [0.2, 0.25) is 0 Å². The summed E-state index contributed by atoms with van der Waals surface area (Å²) in [7, 11) is 3.37. The fraction of sp³-hybridized carbons (Fsp3) is 1.00. The Morgan fingerprint density at radius 2 is 0.882 bits per heavy atom. The van der Waals surface area contributed by atoms with Crippen molar-refractivity contribution >= 4 is 15.9 Å². The van der Waals surface area contributed by atoms with Crippen molar-refractivity contribution in [2.75, 3.05) is 18.5 Å². The van der Waals surface area contributed by atoms with E-state index in [2.05, 4.69) is 29.7 Å². The number of hydrogen-bond acceptors (Lipinski definition) is 0. The zero-order valence-electron chi connectivity index (χ0n) is 12.6. The van der Waals surface area contributed by atoms with Crippen molar-refractivity contribution in [3.05, 3.63) is 0 Å². The average molecular weight is 278 g/mol. The van der Waals surface area contributed by atoms with E-state index in [9.17, 15) is 0 Å². The molecular formula is C15H36P2. The quantitative estimate of drug-likeness (QED) is 0.299. The van der Waals surface area contributed by atoms with Crippen LogP contribution in [0, 0.1) is 0 Å². The zero-order valence-corrected chi connectivity index (χ0v) is 14.7. The molecule has 2 heteroatoms. The molecule has 0 nitrogen and oxygen atoms in total. The molecule has 0 heterocycles. The molecule has 0 saturated carbocycles. The van der Waals surface area contributed by atoms with Gasteiger partial charge in [-0.25, -0.2) is 0 Å². The van der Waals surface area contributed by atoms with Crippen LogP contribution in [0.25, 0.3) is 0 Å². The van der Waals surface area contributed by atoms with Crippen LogP contribution < -0.4 is 0 Å². The molecule has 0 saturated heterocycles. The Hall–Kier alpha value is 0.860. The van der Waals surface area contributed by atoms with Gasteiger partial charge in [0.1, 0.15) is 0 Å². The number of rotatable bonds is 12. The van der Waals surface area contributed by atoms with Crippen LogP contribution in [0.2, 0.25) is 0 Å². The number of hydrogen-bond donors (Lipinski definition) is 0. The van der Waals surface area contributed by atoms with E-state index < -0.39 is 6.95 Å². The summed E-state index contributed by atoms with van der Waals surface area (Å²) in [5, 5.41) is 0. The van der Waals surface area contributed by atoms with Crippen molar-refractivity contribution in [2.45, 2.75) is 78.6 Å². The summed E-state index contributed by atoms with van der Waals surface area (Å²) in [5.41, 5.74) is 0. The fourth-order valence-corrected chi connectivity index (χ4v) is 8.01. The molecular weight excluding hydrogens is 242 g/mol. The molecule has 0 aliphatic rings. The van der Waals surface area contributed by atoms with Gasteiger partial charge in [0.15, 0.2) is 0 Å². The van der Waals surface area contributed by atoms with E-state index >= 15 is 0 Å². The monoisotopic (exact) mass is 278 g/mol. The molecule has 0 aliphatic carbocycles. The van der Waals surface area contributed by atoms with E-state index in [1.165, 1.54) is 57.8 Å². The summed E-state index contributed by atoms with van der Waals surface area (Å²) < 4.78 is 0. The van der Waals surface area contributed by atoms with Crippen LogP contribution in [-0.2, 0) is 0 Å². The molecule has 0 spiro atoms. The predicted octanol–water partition coefficient (Wildman–Crippen LogP) is 6.10. The van der Waals surface area contributed by atoms with Gasteiger partial charge in [-0.3, -0.25) is 0 Å². The molecule has 1 unspecified atom stereocenters. The van der Waals surface area contributed by atoms with Crippen LogP contribution >= 0.6 is 15.9 Å². The van der Waals surface area contributed by atoms with Crippen molar-refractivity contribution in [2.24, 2.45) is 0 Å². The molecule has 0 aliphatic heterocycles. The Morgan fingerprint density at radius 1 is 0.588 bits per heavy atom. The topological polar surface area (TPSA) is 0 Å². The van der Waals surface area contributed by atoms with Gasteiger partial charge in [0, 0.05) is 0 Å². The maximum atomic E-state index is 3.37. The van der Waals surface area contributed by atoms with Crippen LogP contribution in [0.1, 0.15) is 78.6 Å². The van der Waals surface area contributed by atoms with Gasteiger partial charge in [-0.2, -0.15) is 0 Å². The molecule has 0 fully saturated rings. The van der Waals surface area contributed by atoms with E-state index in [4.69, 9.17) is 0 Å². The standard InChI is InChI=1S/C15H36P2/c1-4-7-10-13-17(16,14-11-8-5-2)15-12-9-6-3/h17H,4-16H2,1-3H3. The van der Waals surface area contributed by atoms with Crippen molar-refractivity contribution in [3.8, 4) is 0 Å². The summed E-state index contributed by atoms with van der Waals surface area (Å²) in [6.07, 6.45) is 17.6. The molecule has 0 bridgehead atoms. The summed E-state index contributed by atoms with van der Waals surface area (Å²) in [4.78, 5) is 0. The molecule has 0 aromatic carbocycles. The van der Waals surface area contributed by atoms with Crippen molar-refractivity contribution in [1.29, 1.82) is 0 Å². The van der Waals surface area contributed by atoms with Gasteiger partial charge < -0.3 is 0 Å². The molecule has 0 aromatic heterocycles. The van der Waals surface area contributed by atoms with E-state index in [1.54, 1.807) is 18.5 Å². The van der Waals surface area contributed by atoms with Crippen molar-refractivity contribution in [3.63, 3.8) is 0 Å². The summed E-state index contributed by atoms with van der Waals surface area (Å²) in [6.45, 7) is 6.01. The third kappa shape index (κ3) is 10.5. The first-order valence-electron chi connectivity index (χ1n) is 7.97. The van der Waals surface area contributed by atoms with Crippen LogP contribution in [0.4, 0.5) is 0 Å². The first-order chi connectivity index (χ1) is 8.18. The predicted molar refractivity (Wildman–Crippen MR) is 91.2 cm³/mol. The summed E-state index contributed by atoms with van der Waals surface area (Å²) in [6, 6.07) is 0. The van der Waals surface area contributed by atoms with Gasteiger partial charge in [-0.05, 0) is 0 Å². The Balaban J connectivity index is 3.95. The van der Waals surface area contributed by atoms with Crippen molar-refractivity contribution < 1.29 is 0 Å². The summed E-state index contributed by atoms with van der Waals surface area (Å²) >= 11 is 0. The van der Waals surface area contributed by atoms with E-state index in [-0.39, 0.29) is 0 Å². The minimum absolute atomic E-state index is 0.944. The fourth-order valence-electron chi connectivity index (χ4n) is 2.56. The third-order valence-corrected chi connectivity index (χ3v) is 10.5. The van der Waals surface area contributed by atoms with Gasteiger partial charge >= 0.3 is 113 Å². The van der Waals surface area contributed by atoms with Crippen molar-refractivity contribution in [1.82, 2.24) is 0 Å². The first kappa shape index (κ1) is 17.9. The number of unbranched alkanes of at least 4 members (excludes halogenated alkanes) is 6. The Morgan fingerprint density at radius 3 is 1.12 bits per heavy atom. The van der Waals surface area contributed by atoms with Crippen LogP contribution in [0.5, 0.6) is 0 Å². The molecule has 0 N–H and O–H groups in total. The Kier molecular flexibility index (Phi) is 12.5. The Bertz CT molecular complexity index is 130. The van der Waals surface area contributed by atoms with E-state index in [1.807, 2.05) is 0 Å². The van der Waals surface area contributed by atoms with Gasteiger partial charge in [-0.1, -0.05) is 0 Å². The van der Waals surface area contributed by atoms with E-state index in [0.717, 1.165) is 0 Å². The van der Waals surface area contributed by atoms with E-state index in [0.29, 0.717) is 0 Å². The van der Waals surface area contributed by atoms with Gasteiger partial charge in [0.05, 0.1) is 0 Å². The molecule has 0 aromatic rings. The molecule has 0 radical (unpaired) electrons. The Labute approximate surface area is 113 Å². The second-order valence-electron chi connectivity index (χ2n) is 5.73. The van der Waals surface area contributed by atoms with Crippen LogP contribution in [-0.4, -0.2) is 18.5 Å². The molecule has 106 valence electrons. The second kappa shape index (κ2) is 11.9. The first-order valence-corrected chi connectivity index (χ1v) is 12.4. The SMILES string of the molecule is CCCCC[PH](P)(CCCCC)CCCCC. The molecule has 0 rings (SSSR count). The van der Waals surface area contributed by atoms with Crippen LogP contribution in [0.3, 0.4) is 0 Å². The molecule has 1 atom stereocenters. The minimum atomic E-state index is -0.944. The van der Waals surface area contributed by atoms with Crippen LogP contribution in [0.15, 0.2) is 0 Å². The zero-order chi connectivity index (χ0) is 13.0.